The molecule has 0 radical (unpaired) electrons. The molecule has 2 aliphatic rings. The molecule has 2 aromatic rings. The lowest BCUT2D eigenvalue weighted by Gasteiger charge is -2.36. The summed E-state index contributed by atoms with van der Waals surface area (Å²) in [6.45, 7) is 7.01. The normalized spacial score (nSPS) is 20.0. The van der Waals surface area contributed by atoms with Crippen LogP contribution in [0.3, 0.4) is 0 Å². The number of anilines is 1. The molecule has 9 nitrogen and oxygen atoms in total. The third-order valence-electron chi connectivity index (χ3n) is 5.82. The number of carbonyl (C=O) groups excluding carboxylic acids is 2. The van der Waals surface area contributed by atoms with Crippen LogP contribution in [0.5, 0.6) is 0 Å². The van der Waals surface area contributed by atoms with Gasteiger partial charge in [-0.05, 0) is 39.2 Å². The van der Waals surface area contributed by atoms with Gasteiger partial charge < -0.3 is 18.6 Å². The van der Waals surface area contributed by atoms with E-state index in [1.54, 1.807) is 31.2 Å². The van der Waals surface area contributed by atoms with E-state index >= 15 is 0 Å². The smallest absolute Gasteiger partial charge is 0.414 e. The van der Waals surface area contributed by atoms with Crippen LogP contribution < -0.4 is 4.90 Å². The van der Waals surface area contributed by atoms with Crippen molar-refractivity contribution in [3.05, 3.63) is 29.8 Å². The van der Waals surface area contributed by atoms with Crippen LogP contribution in [0, 0.1) is 0 Å². The molecule has 4 rings (SSSR count). The van der Waals surface area contributed by atoms with E-state index in [-0.39, 0.29) is 31.1 Å². The number of hydrogen-bond donors (Lipinski definition) is 0. The highest BCUT2D eigenvalue weighted by atomic mass is 16.6. The number of aliphatic imine (C=N–C) groups is 1. The van der Waals surface area contributed by atoms with Crippen molar-refractivity contribution in [2.24, 2.45) is 4.99 Å². The molecule has 0 bridgehead atoms. The topological polar surface area (TPSA) is 103 Å². The Kier molecular flexibility index (Phi) is 7.08. The Hall–Kier alpha value is -3.20. The van der Waals surface area contributed by atoms with Crippen LogP contribution in [-0.2, 0) is 14.2 Å². The minimum absolute atomic E-state index is 0.0157. The Morgan fingerprint density at radius 1 is 1.21 bits per heavy atom. The van der Waals surface area contributed by atoms with Gasteiger partial charge in [-0.2, -0.15) is 0 Å². The largest absolute Gasteiger partial charge is 0.460 e. The quantitative estimate of drug-likeness (QED) is 0.570. The van der Waals surface area contributed by atoms with Gasteiger partial charge in [0.05, 0.1) is 37.8 Å². The number of nitrogens with zero attached hydrogens (tertiary/aromatic N) is 3. The summed E-state index contributed by atoms with van der Waals surface area (Å²) < 4.78 is 22.4. The predicted octanol–water partition coefficient (Wildman–Crippen LogP) is 4.39. The standard InChI is InChI=1S/C24H29N3O6/c1-4-17-11-16(8-10-32-17)27(24(29)31-6-3)21-18-12-19(15-7-9-25-13-15)26-14-20(18)33-22(21)23(28)30-5-2/h7,12-14,16-17H,4-6,8-11H2,1-3H3/t16-,17-/m0/s1. The lowest BCUT2D eigenvalue weighted by Crippen LogP contribution is -2.46. The first-order valence-corrected chi connectivity index (χ1v) is 11.4. The summed E-state index contributed by atoms with van der Waals surface area (Å²) in [5.41, 5.74) is 2.30. The Morgan fingerprint density at radius 2 is 2.03 bits per heavy atom. The number of fused-ring (bicyclic) bond motifs is 1. The lowest BCUT2D eigenvalue weighted by molar-refractivity contribution is 0.00465. The fraction of sp³-hybridized carbons (Fsp3) is 0.500. The van der Waals surface area contributed by atoms with E-state index in [9.17, 15) is 9.59 Å². The number of ether oxygens (including phenoxy) is 3. The van der Waals surface area contributed by atoms with Crippen molar-refractivity contribution >= 4 is 40.5 Å². The van der Waals surface area contributed by atoms with Crippen LogP contribution in [-0.4, -0.2) is 61.8 Å². The van der Waals surface area contributed by atoms with Gasteiger partial charge in [0.1, 0.15) is 5.69 Å². The molecule has 2 aliphatic heterocycles. The molecule has 9 heteroatoms. The lowest BCUT2D eigenvalue weighted by atomic mass is 9.99. The Bertz CT molecular complexity index is 1090. The van der Waals surface area contributed by atoms with Crippen molar-refractivity contribution in [2.45, 2.75) is 52.2 Å². The molecule has 176 valence electrons. The molecule has 4 heterocycles. The minimum atomic E-state index is -0.639. The van der Waals surface area contributed by atoms with Crippen LogP contribution in [0.1, 0.15) is 56.3 Å². The molecule has 0 N–H and O–H groups in total. The summed E-state index contributed by atoms with van der Waals surface area (Å²) in [4.78, 5) is 36.4. The van der Waals surface area contributed by atoms with E-state index in [1.165, 1.54) is 0 Å². The van der Waals surface area contributed by atoms with E-state index in [2.05, 4.69) is 9.98 Å². The molecular weight excluding hydrogens is 426 g/mol. The second kappa shape index (κ2) is 10.2. The predicted molar refractivity (Wildman–Crippen MR) is 124 cm³/mol. The fourth-order valence-electron chi connectivity index (χ4n) is 4.24. The molecule has 1 saturated heterocycles. The van der Waals surface area contributed by atoms with Crippen molar-refractivity contribution in [3.8, 4) is 0 Å². The summed E-state index contributed by atoms with van der Waals surface area (Å²) in [5.74, 6) is -0.673. The Labute approximate surface area is 192 Å². The van der Waals surface area contributed by atoms with Gasteiger partial charge in [-0.25, -0.2) is 9.59 Å². The summed E-state index contributed by atoms with van der Waals surface area (Å²) in [7, 11) is 0. The molecule has 33 heavy (non-hydrogen) atoms. The van der Waals surface area contributed by atoms with Gasteiger partial charge in [0.2, 0.25) is 5.76 Å². The van der Waals surface area contributed by atoms with Gasteiger partial charge in [-0.1, -0.05) is 13.0 Å². The molecule has 0 aromatic carbocycles. The third kappa shape index (κ3) is 4.64. The zero-order valence-electron chi connectivity index (χ0n) is 19.2. The highest BCUT2D eigenvalue weighted by Crippen LogP contribution is 2.39. The number of allylic oxidation sites excluding steroid dienone is 1. The molecule has 1 fully saturated rings. The van der Waals surface area contributed by atoms with Crippen LogP contribution in [0.15, 0.2) is 27.7 Å². The van der Waals surface area contributed by atoms with E-state index in [0.29, 0.717) is 48.3 Å². The number of aromatic nitrogens is 1. The van der Waals surface area contributed by atoms with Gasteiger partial charge in [0, 0.05) is 29.8 Å². The minimum Gasteiger partial charge on any atom is -0.460 e. The summed E-state index contributed by atoms with van der Waals surface area (Å²) in [5, 5.41) is 0.594. The first-order valence-electron chi connectivity index (χ1n) is 11.4. The summed E-state index contributed by atoms with van der Waals surface area (Å²) >= 11 is 0. The maximum atomic E-state index is 13.3. The molecule has 0 unspecified atom stereocenters. The second-order valence-corrected chi connectivity index (χ2v) is 7.87. The highest BCUT2D eigenvalue weighted by Gasteiger charge is 2.37. The van der Waals surface area contributed by atoms with Crippen molar-refractivity contribution < 1.29 is 28.2 Å². The number of rotatable bonds is 7. The Morgan fingerprint density at radius 3 is 2.73 bits per heavy atom. The third-order valence-corrected chi connectivity index (χ3v) is 5.82. The Balaban J connectivity index is 1.89. The molecule has 0 aliphatic carbocycles. The number of pyridine rings is 1. The van der Waals surface area contributed by atoms with Gasteiger partial charge in [0.25, 0.3) is 0 Å². The fourth-order valence-corrected chi connectivity index (χ4v) is 4.24. The first-order chi connectivity index (χ1) is 16.1. The number of furan rings is 1. The number of carbonyl (C=O) groups is 2. The average molecular weight is 456 g/mol. The molecule has 1 amide bonds. The SMILES string of the molecule is CCOC(=O)c1oc2cnc(C3=CCN=C3)cc2c1N(C(=O)OCC)[C@H]1CCO[C@@H](CC)C1. The summed E-state index contributed by atoms with van der Waals surface area (Å²) in [6, 6.07) is 1.60. The highest BCUT2D eigenvalue weighted by molar-refractivity contribution is 6.14. The zero-order valence-corrected chi connectivity index (χ0v) is 19.2. The molecule has 0 spiro atoms. The van der Waals surface area contributed by atoms with Crippen molar-refractivity contribution in [3.63, 3.8) is 0 Å². The number of esters is 1. The van der Waals surface area contributed by atoms with Crippen LogP contribution in [0.2, 0.25) is 0 Å². The van der Waals surface area contributed by atoms with Gasteiger partial charge >= 0.3 is 12.1 Å². The van der Waals surface area contributed by atoms with Crippen molar-refractivity contribution in [2.75, 3.05) is 31.3 Å². The second-order valence-electron chi connectivity index (χ2n) is 7.87. The van der Waals surface area contributed by atoms with Gasteiger partial charge in [-0.15, -0.1) is 0 Å². The van der Waals surface area contributed by atoms with Gasteiger partial charge in [0.15, 0.2) is 5.58 Å². The maximum absolute atomic E-state index is 13.3. The number of amides is 1. The van der Waals surface area contributed by atoms with E-state index in [0.717, 1.165) is 12.0 Å². The van der Waals surface area contributed by atoms with Gasteiger partial charge in [-0.3, -0.25) is 14.9 Å². The average Bonchev–Trinajstić information content (AvgIpc) is 3.48. The molecule has 2 atom stereocenters. The molecule has 0 saturated carbocycles. The molecule has 2 aromatic heterocycles. The monoisotopic (exact) mass is 455 g/mol. The summed E-state index contributed by atoms with van der Waals surface area (Å²) in [6.07, 6.45) is 6.83. The van der Waals surface area contributed by atoms with E-state index in [4.69, 9.17) is 18.6 Å². The van der Waals surface area contributed by atoms with E-state index < -0.39 is 12.1 Å². The van der Waals surface area contributed by atoms with E-state index in [1.807, 2.05) is 19.1 Å². The first kappa shape index (κ1) is 23.0. The molecular formula is C24H29N3O6. The zero-order chi connectivity index (χ0) is 23.4. The van der Waals surface area contributed by atoms with Crippen LogP contribution >= 0.6 is 0 Å². The number of hydrogen-bond acceptors (Lipinski definition) is 8. The maximum Gasteiger partial charge on any atom is 0.414 e. The van der Waals surface area contributed by atoms with Crippen LogP contribution in [0.25, 0.3) is 16.5 Å². The van der Waals surface area contributed by atoms with Crippen LogP contribution in [0.4, 0.5) is 10.5 Å². The van der Waals surface area contributed by atoms with Crippen molar-refractivity contribution in [1.82, 2.24) is 4.98 Å². The van der Waals surface area contributed by atoms with Crippen molar-refractivity contribution in [1.29, 1.82) is 0 Å².